The van der Waals surface area contributed by atoms with Gasteiger partial charge in [-0.2, -0.15) is 4.98 Å². The molecule has 1 aliphatic rings. The molecule has 88 valence electrons. The second-order valence-electron chi connectivity index (χ2n) is 3.65. The van der Waals surface area contributed by atoms with Gasteiger partial charge in [0, 0.05) is 12.6 Å². The monoisotopic (exact) mass is 232 g/mol. The Hall–Kier alpha value is -2.17. The van der Waals surface area contributed by atoms with Gasteiger partial charge in [0.05, 0.1) is 0 Å². The number of hydrogen-bond acceptors (Lipinski definition) is 5. The van der Waals surface area contributed by atoms with Crippen molar-refractivity contribution in [2.75, 3.05) is 25.6 Å². The quantitative estimate of drug-likeness (QED) is 0.859. The fraction of sp³-hybridized carbons (Fsp3) is 0.250. The standard InChI is InChI=1S/C12H12N2O3/c1-13-12-14-9(7-17-12)8-2-3-10-11(6-8)16-5-4-15-10/h2-3,6-7H,4-5H2,1H3,(H,13,14). The first-order chi connectivity index (χ1) is 8.36. The molecule has 1 N–H and O–H groups in total. The first kappa shape index (κ1) is 10.0. The van der Waals surface area contributed by atoms with Gasteiger partial charge in [0.15, 0.2) is 11.5 Å². The van der Waals surface area contributed by atoms with Gasteiger partial charge in [-0.15, -0.1) is 0 Å². The zero-order chi connectivity index (χ0) is 11.7. The van der Waals surface area contributed by atoms with Crippen molar-refractivity contribution in [1.82, 2.24) is 4.98 Å². The lowest BCUT2D eigenvalue weighted by atomic mass is 10.1. The van der Waals surface area contributed by atoms with Crippen LogP contribution >= 0.6 is 0 Å². The lowest BCUT2D eigenvalue weighted by Gasteiger charge is -2.18. The summed E-state index contributed by atoms with van der Waals surface area (Å²) in [5.74, 6) is 1.53. The highest BCUT2D eigenvalue weighted by Crippen LogP contribution is 2.34. The number of oxazole rings is 1. The van der Waals surface area contributed by atoms with Crippen LogP contribution in [-0.2, 0) is 0 Å². The zero-order valence-corrected chi connectivity index (χ0v) is 9.40. The van der Waals surface area contributed by atoms with E-state index in [1.54, 1.807) is 13.3 Å². The summed E-state index contributed by atoms with van der Waals surface area (Å²) in [6.07, 6.45) is 1.61. The summed E-state index contributed by atoms with van der Waals surface area (Å²) in [5, 5.41) is 2.85. The largest absolute Gasteiger partial charge is 0.486 e. The summed E-state index contributed by atoms with van der Waals surface area (Å²) >= 11 is 0. The number of hydrogen-bond donors (Lipinski definition) is 1. The molecule has 0 bridgehead atoms. The zero-order valence-electron chi connectivity index (χ0n) is 9.40. The molecule has 1 aliphatic heterocycles. The Labute approximate surface area is 98.4 Å². The predicted octanol–water partition coefficient (Wildman–Crippen LogP) is 2.15. The van der Waals surface area contributed by atoms with E-state index in [4.69, 9.17) is 13.9 Å². The lowest BCUT2D eigenvalue weighted by Crippen LogP contribution is -2.15. The van der Waals surface area contributed by atoms with Gasteiger partial charge in [-0.3, -0.25) is 0 Å². The summed E-state index contributed by atoms with van der Waals surface area (Å²) in [4.78, 5) is 4.27. The average molecular weight is 232 g/mol. The van der Waals surface area contributed by atoms with Crippen molar-refractivity contribution in [2.45, 2.75) is 0 Å². The first-order valence-electron chi connectivity index (χ1n) is 5.40. The van der Waals surface area contributed by atoms with Crippen LogP contribution in [0, 0.1) is 0 Å². The Morgan fingerprint density at radius 3 is 2.76 bits per heavy atom. The summed E-state index contributed by atoms with van der Waals surface area (Å²) < 4.78 is 16.2. The topological polar surface area (TPSA) is 56.5 Å². The van der Waals surface area contributed by atoms with Gasteiger partial charge in [0.1, 0.15) is 25.2 Å². The van der Waals surface area contributed by atoms with Crippen molar-refractivity contribution in [1.29, 1.82) is 0 Å². The molecule has 0 saturated carbocycles. The highest BCUT2D eigenvalue weighted by Gasteiger charge is 2.13. The van der Waals surface area contributed by atoms with Crippen molar-refractivity contribution < 1.29 is 13.9 Å². The van der Waals surface area contributed by atoms with Gasteiger partial charge in [0.2, 0.25) is 0 Å². The molecular weight excluding hydrogens is 220 g/mol. The third kappa shape index (κ3) is 1.80. The number of nitrogens with zero attached hydrogens (tertiary/aromatic N) is 1. The molecule has 3 rings (SSSR count). The lowest BCUT2D eigenvalue weighted by molar-refractivity contribution is 0.171. The number of rotatable bonds is 2. The number of fused-ring (bicyclic) bond motifs is 1. The SMILES string of the molecule is CNc1nc(-c2ccc3c(c2)OCCO3)co1. The number of benzene rings is 1. The maximum atomic E-state index is 5.52. The number of anilines is 1. The van der Waals surface area contributed by atoms with Crippen molar-refractivity contribution in [3.05, 3.63) is 24.5 Å². The van der Waals surface area contributed by atoms with Crippen molar-refractivity contribution >= 4 is 6.01 Å². The normalized spacial score (nSPS) is 13.5. The fourth-order valence-corrected chi connectivity index (χ4v) is 1.72. The number of ether oxygens (including phenoxy) is 2. The van der Waals surface area contributed by atoms with Gasteiger partial charge in [-0.1, -0.05) is 0 Å². The van der Waals surface area contributed by atoms with Crippen LogP contribution in [0.25, 0.3) is 11.3 Å². The molecule has 0 fully saturated rings. The summed E-state index contributed by atoms with van der Waals surface area (Å²) in [6.45, 7) is 1.18. The van der Waals surface area contributed by atoms with Crippen LogP contribution in [0.15, 0.2) is 28.9 Å². The molecule has 0 atom stereocenters. The Kier molecular flexibility index (Phi) is 2.36. The minimum absolute atomic E-state index is 0.495. The van der Waals surface area contributed by atoms with Crippen LogP contribution in [0.3, 0.4) is 0 Å². The summed E-state index contributed by atoms with van der Waals surface area (Å²) in [7, 11) is 1.76. The molecule has 0 amide bonds. The van der Waals surface area contributed by atoms with Gasteiger partial charge < -0.3 is 19.2 Å². The molecule has 5 nitrogen and oxygen atoms in total. The van der Waals surface area contributed by atoms with E-state index in [-0.39, 0.29) is 0 Å². The molecule has 2 heterocycles. The van der Waals surface area contributed by atoms with Crippen molar-refractivity contribution in [3.63, 3.8) is 0 Å². The van der Waals surface area contributed by atoms with Gasteiger partial charge in [0.25, 0.3) is 6.01 Å². The average Bonchev–Trinajstić information content (AvgIpc) is 2.87. The highest BCUT2D eigenvalue weighted by atomic mass is 16.6. The van der Waals surface area contributed by atoms with Crippen LogP contribution < -0.4 is 14.8 Å². The van der Waals surface area contributed by atoms with E-state index >= 15 is 0 Å². The molecule has 0 saturated heterocycles. The molecule has 17 heavy (non-hydrogen) atoms. The third-order valence-corrected chi connectivity index (χ3v) is 2.56. The second kappa shape index (κ2) is 4.01. The Balaban J connectivity index is 1.97. The van der Waals surface area contributed by atoms with Gasteiger partial charge in [-0.25, -0.2) is 0 Å². The molecule has 0 aliphatic carbocycles. The molecule has 1 aromatic carbocycles. The third-order valence-electron chi connectivity index (χ3n) is 2.56. The van der Waals surface area contributed by atoms with Crippen molar-refractivity contribution in [3.8, 4) is 22.8 Å². The van der Waals surface area contributed by atoms with E-state index < -0.39 is 0 Å². The molecular formula is C12H12N2O3. The predicted molar refractivity (Wildman–Crippen MR) is 62.5 cm³/mol. The van der Waals surface area contributed by atoms with Crippen LogP contribution in [0.1, 0.15) is 0 Å². The van der Waals surface area contributed by atoms with Crippen LogP contribution in [0.2, 0.25) is 0 Å². The maximum absolute atomic E-state index is 5.52. The van der Waals surface area contributed by atoms with E-state index in [1.807, 2.05) is 18.2 Å². The molecule has 2 aromatic rings. The second-order valence-corrected chi connectivity index (χ2v) is 3.65. The molecule has 1 aromatic heterocycles. The van der Waals surface area contributed by atoms with Crippen LogP contribution in [0.4, 0.5) is 6.01 Å². The van der Waals surface area contributed by atoms with Crippen molar-refractivity contribution in [2.24, 2.45) is 0 Å². The minimum atomic E-state index is 0.495. The summed E-state index contributed by atoms with van der Waals surface area (Å²) in [5.41, 5.74) is 1.71. The maximum Gasteiger partial charge on any atom is 0.294 e. The Bertz CT molecular complexity index is 536. The Morgan fingerprint density at radius 2 is 2.00 bits per heavy atom. The summed E-state index contributed by atoms with van der Waals surface area (Å²) in [6, 6.07) is 6.23. The number of aromatic nitrogens is 1. The molecule has 5 heteroatoms. The number of nitrogens with one attached hydrogen (secondary N) is 1. The molecule has 0 spiro atoms. The fourth-order valence-electron chi connectivity index (χ4n) is 1.72. The molecule has 0 radical (unpaired) electrons. The van der Waals surface area contributed by atoms with Crippen LogP contribution in [0.5, 0.6) is 11.5 Å². The van der Waals surface area contributed by atoms with E-state index in [0.717, 1.165) is 22.8 Å². The van der Waals surface area contributed by atoms with E-state index in [0.29, 0.717) is 19.2 Å². The first-order valence-corrected chi connectivity index (χ1v) is 5.40. The smallest absolute Gasteiger partial charge is 0.294 e. The van der Waals surface area contributed by atoms with E-state index in [2.05, 4.69) is 10.3 Å². The van der Waals surface area contributed by atoms with Crippen LogP contribution in [-0.4, -0.2) is 25.2 Å². The molecule has 0 unspecified atom stereocenters. The van der Waals surface area contributed by atoms with E-state index in [9.17, 15) is 0 Å². The minimum Gasteiger partial charge on any atom is -0.486 e. The van der Waals surface area contributed by atoms with Gasteiger partial charge >= 0.3 is 0 Å². The van der Waals surface area contributed by atoms with Gasteiger partial charge in [-0.05, 0) is 18.2 Å². The van der Waals surface area contributed by atoms with E-state index in [1.165, 1.54) is 0 Å². The highest BCUT2D eigenvalue weighted by molar-refractivity contribution is 5.64. The Morgan fingerprint density at radius 1 is 1.18 bits per heavy atom.